The fourth-order valence-corrected chi connectivity index (χ4v) is 2.86. The molecule has 0 aliphatic heterocycles. The topological polar surface area (TPSA) is 61.8 Å². The fourth-order valence-electron chi connectivity index (χ4n) is 2.23. The summed E-state index contributed by atoms with van der Waals surface area (Å²) < 4.78 is 39.6. The van der Waals surface area contributed by atoms with Crippen LogP contribution in [-0.4, -0.2) is 34.5 Å². The molecule has 0 saturated heterocycles. The second-order valence-corrected chi connectivity index (χ2v) is 7.73. The maximum absolute atomic E-state index is 11.5. The van der Waals surface area contributed by atoms with Gasteiger partial charge in [-0.15, -0.1) is 0 Å². The molecule has 0 bridgehead atoms. The maximum Gasteiger partial charge on any atom is 0.175 e. The summed E-state index contributed by atoms with van der Waals surface area (Å²) >= 11 is 0. The van der Waals surface area contributed by atoms with E-state index >= 15 is 0 Å². The zero-order chi connectivity index (χ0) is 17.7. The van der Waals surface area contributed by atoms with Crippen LogP contribution in [0.4, 0.5) is 0 Å². The predicted octanol–water partition coefficient (Wildman–Crippen LogP) is 3.60. The van der Waals surface area contributed by atoms with Crippen LogP contribution in [0.25, 0.3) is 0 Å². The van der Waals surface area contributed by atoms with Gasteiger partial charge in [0.15, 0.2) is 9.84 Å². The van der Waals surface area contributed by atoms with Crippen molar-refractivity contribution >= 4 is 9.84 Å². The van der Waals surface area contributed by atoms with Gasteiger partial charge < -0.3 is 14.2 Å². The third-order valence-electron chi connectivity index (χ3n) is 3.25. The Morgan fingerprint density at radius 1 is 1.00 bits per heavy atom. The average molecular weight is 350 g/mol. The van der Waals surface area contributed by atoms with Gasteiger partial charge in [-0.25, -0.2) is 8.42 Å². The Labute approximate surface area is 143 Å². The Hall–Kier alpha value is -2.05. The minimum Gasteiger partial charge on any atom is -0.488 e. The number of sulfone groups is 1. The number of methoxy groups -OCH3 is 1. The summed E-state index contributed by atoms with van der Waals surface area (Å²) in [5.41, 5.74) is 1.000. The van der Waals surface area contributed by atoms with Gasteiger partial charge in [0.25, 0.3) is 0 Å². The highest BCUT2D eigenvalue weighted by Crippen LogP contribution is 2.28. The molecular weight excluding hydrogens is 328 g/mol. The highest BCUT2D eigenvalue weighted by atomic mass is 32.2. The SMILES string of the molecule is COCC(C)Oc1cc(C)cc(Oc2ccc(S(C)(=O)=O)cc2)c1. The first kappa shape index (κ1) is 18.3. The second kappa shape index (κ2) is 7.68. The highest BCUT2D eigenvalue weighted by Gasteiger charge is 2.09. The molecular formula is C18H22O5S. The van der Waals surface area contributed by atoms with Crippen LogP contribution < -0.4 is 9.47 Å². The first-order valence-corrected chi connectivity index (χ1v) is 9.42. The molecule has 0 saturated carbocycles. The molecule has 0 N–H and O–H groups in total. The third kappa shape index (κ3) is 5.25. The molecule has 0 amide bonds. The first-order valence-electron chi connectivity index (χ1n) is 7.53. The van der Waals surface area contributed by atoms with Gasteiger partial charge in [-0.2, -0.15) is 0 Å². The number of rotatable bonds is 7. The van der Waals surface area contributed by atoms with Crippen LogP contribution in [0, 0.1) is 6.92 Å². The monoisotopic (exact) mass is 350 g/mol. The summed E-state index contributed by atoms with van der Waals surface area (Å²) in [6, 6.07) is 11.9. The van der Waals surface area contributed by atoms with Crippen molar-refractivity contribution in [1.29, 1.82) is 0 Å². The van der Waals surface area contributed by atoms with Crippen molar-refractivity contribution in [3.05, 3.63) is 48.0 Å². The lowest BCUT2D eigenvalue weighted by atomic mass is 10.2. The Kier molecular flexibility index (Phi) is 5.85. The van der Waals surface area contributed by atoms with Gasteiger partial charge in [0.05, 0.1) is 11.5 Å². The molecule has 6 heteroatoms. The van der Waals surface area contributed by atoms with Gasteiger partial charge in [-0.05, 0) is 55.8 Å². The summed E-state index contributed by atoms with van der Waals surface area (Å²) in [7, 11) is -1.58. The van der Waals surface area contributed by atoms with Crippen molar-refractivity contribution in [1.82, 2.24) is 0 Å². The van der Waals surface area contributed by atoms with Crippen LogP contribution in [0.5, 0.6) is 17.2 Å². The Balaban J connectivity index is 2.16. The Morgan fingerprint density at radius 3 is 2.21 bits per heavy atom. The van der Waals surface area contributed by atoms with E-state index < -0.39 is 9.84 Å². The summed E-state index contributed by atoms with van der Waals surface area (Å²) in [4.78, 5) is 0.261. The lowest BCUT2D eigenvalue weighted by molar-refractivity contribution is 0.0919. The standard InChI is InChI=1S/C18H22O5S/c1-13-9-16(22-14(2)12-21-3)11-17(10-13)23-15-5-7-18(8-6-15)24(4,19)20/h5-11,14H,12H2,1-4H3. The third-order valence-corrected chi connectivity index (χ3v) is 4.38. The van der Waals surface area contributed by atoms with E-state index in [0.717, 1.165) is 5.56 Å². The van der Waals surface area contributed by atoms with Crippen molar-refractivity contribution in [2.75, 3.05) is 20.0 Å². The van der Waals surface area contributed by atoms with Crippen molar-refractivity contribution in [2.45, 2.75) is 24.8 Å². The first-order chi connectivity index (χ1) is 11.3. The second-order valence-electron chi connectivity index (χ2n) is 5.71. The molecule has 0 fully saturated rings. The van der Waals surface area contributed by atoms with E-state index in [4.69, 9.17) is 14.2 Å². The molecule has 0 aliphatic carbocycles. The zero-order valence-electron chi connectivity index (χ0n) is 14.3. The van der Waals surface area contributed by atoms with Gasteiger partial charge in [-0.3, -0.25) is 0 Å². The maximum atomic E-state index is 11.5. The van der Waals surface area contributed by atoms with E-state index in [1.165, 1.54) is 18.4 Å². The van der Waals surface area contributed by atoms with Gasteiger partial charge in [0.1, 0.15) is 23.4 Å². The van der Waals surface area contributed by atoms with Crippen LogP contribution >= 0.6 is 0 Å². The van der Waals surface area contributed by atoms with Crippen molar-refractivity contribution in [3.63, 3.8) is 0 Å². The van der Waals surface area contributed by atoms with E-state index in [2.05, 4.69) is 0 Å². The number of hydrogen-bond donors (Lipinski definition) is 0. The number of hydrogen-bond acceptors (Lipinski definition) is 5. The van der Waals surface area contributed by atoms with E-state index in [9.17, 15) is 8.42 Å². The number of aryl methyl sites for hydroxylation is 1. The molecule has 2 aromatic rings. The predicted molar refractivity (Wildman–Crippen MR) is 92.8 cm³/mol. The van der Waals surface area contributed by atoms with Crippen LogP contribution in [0.1, 0.15) is 12.5 Å². The molecule has 0 heterocycles. The van der Waals surface area contributed by atoms with Crippen LogP contribution in [-0.2, 0) is 14.6 Å². The van der Waals surface area contributed by atoms with Gasteiger partial charge in [0, 0.05) is 19.4 Å². The number of benzene rings is 2. The minimum atomic E-state index is -3.21. The van der Waals surface area contributed by atoms with Crippen molar-refractivity contribution in [2.24, 2.45) is 0 Å². The quantitative estimate of drug-likeness (QED) is 0.763. The largest absolute Gasteiger partial charge is 0.488 e. The smallest absolute Gasteiger partial charge is 0.175 e. The van der Waals surface area contributed by atoms with Gasteiger partial charge in [-0.1, -0.05) is 0 Å². The summed E-state index contributed by atoms with van der Waals surface area (Å²) in [5, 5.41) is 0. The molecule has 2 rings (SSSR count). The molecule has 0 spiro atoms. The zero-order valence-corrected chi connectivity index (χ0v) is 15.1. The van der Waals surface area contributed by atoms with E-state index in [-0.39, 0.29) is 11.0 Å². The van der Waals surface area contributed by atoms with Crippen molar-refractivity contribution < 1.29 is 22.6 Å². The lowest BCUT2D eigenvalue weighted by Crippen LogP contribution is -2.17. The molecule has 0 radical (unpaired) electrons. The Bertz CT molecular complexity index is 782. The molecule has 5 nitrogen and oxygen atoms in total. The summed E-state index contributed by atoms with van der Waals surface area (Å²) in [6.45, 7) is 4.38. The normalized spacial score (nSPS) is 12.7. The molecule has 0 aliphatic rings. The van der Waals surface area contributed by atoms with Crippen LogP contribution in [0.2, 0.25) is 0 Å². The summed E-state index contributed by atoms with van der Waals surface area (Å²) in [5.74, 6) is 1.88. The van der Waals surface area contributed by atoms with Crippen LogP contribution in [0.3, 0.4) is 0 Å². The highest BCUT2D eigenvalue weighted by molar-refractivity contribution is 7.90. The van der Waals surface area contributed by atoms with Crippen molar-refractivity contribution in [3.8, 4) is 17.2 Å². The minimum absolute atomic E-state index is 0.0707. The van der Waals surface area contributed by atoms with E-state index in [0.29, 0.717) is 23.9 Å². The lowest BCUT2D eigenvalue weighted by Gasteiger charge is -2.15. The molecule has 130 valence electrons. The molecule has 2 aromatic carbocycles. The molecule has 1 atom stereocenters. The van der Waals surface area contributed by atoms with E-state index in [1.807, 2.05) is 26.0 Å². The fraction of sp³-hybridized carbons (Fsp3) is 0.333. The Morgan fingerprint density at radius 2 is 1.62 bits per heavy atom. The van der Waals surface area contributed by atoms with E-state index in [1.54, 1.807) is 25.3 Å². The van der Waals surface area contributed by atoms with Gasteiger partial charge in [0.2, 0.25) is 0 Å². The van der Waals surface area contributed by atoms with Crippen LogP contribution in [0.15, 0.2) is 47.4 Å². The average Bonchev–Trinajstić information content (AvgIpc) is 2.46. The summed E-state index contributed by atoms with van der Waals surface area (Å²) in [6.07, 6.45) is 1.10. The number of ether oxygens (including phenoxy) is 3. The van der Waals surface area contributed by atoms with Gasteiger partial charge >= 0.3 is 0 Å². The molecule has 0 aromatic heterocycles. The molecule has 24 heavy (non-hydrogen) atoms. The molecule has 1 unspecified atom stereocenters.